The van der Waals surface area contributed by atoms with E-state index in [-0.39, 0.29) is 11.5 Å². The Balaban J connectivity index is 3.00. The average Bonchev–Trinajstić information content (AvgIpc) is 2.51. The summed E-state index contributed by atoms with van der Waals surface area (Å²) < 4.78 is 35.0. The van der Waals surface area contributed by atoms with E-state index < -0.39 is 27.8 Å². The van der Waals surface area contributed by atoms with Crippen LogP contribution in [0.4, 0.5) is 4.79 Å². The summed E-state index contributed by atoms with van der Waals surface area (Å²) in [5.41, 5.74) is 0.441. The summed E-state index contributed by atoms with van der Waals surface area (Å²) in [5, 5.41) is 0. The van der Waals surface area contributed by atoms with Crippen LogP contribution < -0.4 is 0 Å². The van der Waals surface area contributed by atoms with Gasteiger partial charge in [0.1, 0.15) is 0 Å². The van der Waals surface area contributed by atoms with Crippen molar-refractivity contribution in [2.45, 2.75) is 63.9 Å². The number of benzene rings is 1. The van der Waals surface area contributed by atoms with Crippen molar-refractivity contribution in [2.75, 3.05) is 13.7 Å². The first-order valence-corrected chi connectivity index (χ1v) is 9.77. The van der Waals surface area contributed by atoms with Crippen molar-refractivity contribution < 1.29 is 22.1 Å². The summed E-state index contributed by atoms with van der Waals surface area (Å²) in [5.74, 6) is 0. The Morgan fingerprint density at radius 3 is 2.20 bits per heavy atom. The standard InChI is InChI=1S/C18H29NO5S/c1-7-8-15(19(17(20)23-6)18(3,4)5)13-24-25(21,22)16-11-9-14(2)10-12-16/h9-12,15H,7-8,13H2,1-6H3. The Morgan fingerprint density at radius 2 is 1.76 bits per heavy atom. The minimum atomic E-state index is -3.88. The molecule has 25 heavy (non-hydrogen) atoms. The van der Waals surface area contributed by atoms with E-state index in [9.17, 15) is 13.2 Å². The van der Waals surface area contributed by atoms with Crippen LogP contribution in [-0.4, -0.2) is 44.7 Å². The normalized spacial score (nSPS) is 13.4. The SMILES string of the molecule is CCCC(COS(=O)(=O)c1ccc(C)cc1)N(C(=O)OC)C(C)(C)C. The van der Waals surface area contributed by atoms with Crippen LogP contribution in [0.5, 0.6) is 0 Å². The Bertz CT molecular complexity index is 662. The molecule has 1 amide bonds. The van der Waals surface area contributed by atoms with Gasteiger partial charge in [0.2, 0.25) is 0 Å². The molecule has 0 heterocycles. The fourth-order valence-electron chi connectivity index (χ4n) is 2.63. The van der Waals surface area contributed by atoms with Gasteiger partial charge in [-0.3, -0.25) is 9.08 Å². The molecule has 6 nitrogen and oxygen atoms in total. The maximum absolute atomic E-state index is 12.4. The van der Waals surface area contributed by atoms with Crippen LogP contribution in [0.25, 0.3) is 0 Å². The summed E-state index contributed by atoms with van der Waals surface area (Å²) in [4.78, 5) is 13.9. The van der Waals surface area contributed by atoms with Crippen LogP contribution in [0.15, 0.2) is 29.2 Å². The van der Waals surface area contributed by atoms with Gasteiger partial charge in [-0.15, -0.1) is 0 Å². The molecule has 7 heteroatoms. The lowest BCUT2D eigenvalue weighted by atomic mass is 10.0. The minimum absolute atomic E-state index is 0.105. The number of hydrogen-bond donors (Lipinski definition) is 0. The lowest BCUT2D eigenvalue weighted by molar-refractivity contribution is 0.0381. The first kappa shape index (κ1) is 21.4. The number of amides is 1. The zero-order chi connectivity index (χ0) is 19.3. The van der Waals surface area contributed by atoms with Gasteiger partial charge in [0, 0.05) is 5.54 Å². The highest BCUT2D eigenvalue weighted by Crippen LogP contribution is 2.23. The van der Waals surface area contributed by atoms with Crippen molar-refractivity contribution in [1.82, 2.24) is 4.90 Å². The Labute approximate surface area is 151 Å². The van der Waals surface area contributed by atoms with Crippen LogP contribution in [0.3, 0.4) is 0 Å². The summed E-state index contributed by atoms with van der Waals surface area (Å²) in [6.07, 6.45) is 0.889. The smallest absolute Gasteiger partial charge is 0.410 e. The van der Waals surface area contributed by atoms with Gasteiger partial charge in [-0.25, -0.2) is 4.79 Å². The highest BCUT2D eigenvalue weighted by Gasteiger charge is 2.34. The molecule has 0 aliphatic carbocycles. The van der Waals surface area contributed by atoms with E-state index in [2.05, 4.69) is 0 Å². The van der Waals surface area contributed by atoms with Crippen molar-refractivity contribution in [1.29, 1.82) is 0 Å². The molecule has 0 saturated heterocycles. The molecule has 0 N–H and O–H groups in total. The highest BCUT2D eigenvalue weighted by molar-refractivity contribution is 7.86. The molecule has 1 atom stereocenters. The molecule has 0 aromatic heterocycles. The first-order chi connectivity index (χ1) is 11.5. The van der Waals surface area contributed by atoms with Gasteiger partial charge in [0.05, 0.1) is 24.7 Å². The monoisotopic (exact) mass is 371 g/mol. The maximum atomic E-state index is 12.4. The molecule has 1 aromatic rings. The van der Waals surface area contributed by atoms with Crippen LogP contribution in [0, 0.1) is 6.92 Å². The van der Waals surface area contributed by atoms with E-state index in [0.717, 1.165) is 12.0 Å². The van der Waals surface area contributed by atoms with Gasteiger partial charge in [-0.2, -0.15) is 8.42 Å². The average molecular weight is 371 g/mol. The third-order valence-electron chi connectivity index (χ3n) is 3.81. The van der Waals surface area contributed by atoms with E-state index in [1.54, 1.807) is 17.0 Å². The lowest BCUT2D eigenvalue weighted by Gasteiger charge is -2.40. The van der Waals surface area contributed by atoms with Gasteiger partial charge in [0.15, 0.2) is 0 Å². The summed E-state index contributed by atoms with van der Waals surface area (Å²) in [6.45, 7) is 9.37. The summed E-state index contributed by atoms with van der Waals surface area (Å²) >= 11 is 0. The molecule has 0 bridgehead atoms. The topological polar surface area (TPSA) is 72.9 Å². The third-order valence-corrected chi connectivity index (χ3v) is 5.10. The van der Waals surface area contributed by atoms with Crippen molar-refractivity contribution in [3.63, 3.8) is 0 Å². The van der Waals surface area contributed by atoms with Gasteiger partial charge < -0.3 is 4.74 Å². The number of rotatable bonds is 7. The number of ether oxygens (including phenoxy) is 1. The first-order valence-electron chi connectivity index (χ1n) is 8.36. The Hall–Kier alpha value is -1.60. The van der Waals surface area contributed by atoms with Crippen LogP contribution >= 0.6 is 0 Å². The molecule has 142 valence electrons. The lowest BCUT2D eigenvalue weighted by Crippen LogP contribution is -2.53. The molecule has 1 unspecified atom stereocenters. The second-order valence-electron chi connectivity index (χ2n) is 7.01. The quantitative estimate of drug-likeness (QED) is 0.683. The minimum Gasteiger partial charge on any atom is -0.453 e. The zero-order valence-electron chi connectivity index (χ0n) is 15.9. The Morgan fingerprint density at radius 1 is 1.20 bits per heavy atom. The number of carbonyl (C=O) groups is 1. The van der Waals surface area contributed by atoms with Crippen molar-refractivity contribution in [2.24, 2.45) is 0 Å². The molecular formula is C18H29NO5S. The zero-order valence-corrected chi connectivity index (χ0v) is 16.7. The highest BCUT2D eigenvalue weighted by atomic mass is 32.2. The van der Waals surface area contributed by atoms with Gasteiger partial charge >= 0.3 is 6.09 Å². The Kier molecular flexibility index (Phi) is 7.44. The molecular weight excluding hydrogens is 342 g/mol. The number of hydrogen-bond acceptors (Lipinski definition) is 5. The number of carbonyl (C=O) groups excluding carboxylic acids is 1. The van der Waals surface area contributed by atoms with Gasteiger partial charge in [-0.1, -0.05) is 31.0 Å². The predicted molar refractivity (Wildman–Crippen MR) is 97.0 cm³/mol. The fraction of sp³-hybridized carbons (Fsp3) is 0.611. The molecule has 0 fully saturated rings. The number of nitrogens with zero attached hydrogens (tertiary/aromatic N) is 1. The molecule has 0 aliphatic heterocycles. The maximum Gasteiger partial charge on any atom is 0.410 e. The number of aryl methyl sites for hydroxylation is 1. The van der Waals surface area contributed by atoms with E-state index in [0.29, 0.717) is 6.42 Å². The van der Waals surface area contributed by atoms with E-state index >= 15 is 0 Å². The largest absolute Gasteiger partial charge is 0.453 e. The van der Waals surface area contributed by atoms with Gasteiger partial charge in [0.25, 0.3) is 10.1 Å². The second kappa shape index (κ2) is 8.67. The van der Waals surface area contributed by atoms with Gasteiger partial charge in [-0.05, 0) is 46.2 Å². The van der Waals surface area contributed by atoms with E-state index in [4.69, 9.17) is 8.92 Å². The predicted octanol–water partition coefficient (Wildman–Crippen LogP) is 3.74. The van der Waals surface area contributed by atoms with E-state index in [1.165, 1.54) is 19.2 Å². The van der Waals surface area contributed by atoms with Crippen molar-refractivity contribution in [3.8, 4) is 0 Å². The molecule has 0 aliphatic rings. The van der Waals surface area contributed by atoms with Crippen LogP contribution in [0.2, 0.25) is 0 Å². The van der Waals surface area contributed by atoms with Crippen molar-refractivity contribution in [3.05, 3.63) is 29.8 Å². The van der Waals surface area contributed by atoms with Crippen molar-refractivity contribution >= 4 is 16.2 Å². The van der Waals surface area contributed by atoms with E-state index in [1.807, 2.05) is 34.6 Å². The summed E-state index contributed by atoms with van der Waals surface area (Å²) in [6, 6.07) is 6.06. The second-order valence-corrected chi connectivity index (χ2v) is 8.62. The molecule has 1 aromatic carbocycles. The fourth-order valence-corrected chi connectivity index (χ4v) is 3.57. The molecule has 0 saturated carbocycles. The van der Waals surface area contributed by atoms with Crippen LogP contribution in [0.1, 0.15) is 46.1 Å². The molecule has 0 spiro atoms. The molecule has 1 rings (SSSR count). The number of methoxy groups -OCH3 is 1. The molecule has 0 radical (unpaired) electrons. The van der Waals surface area contributed by atoms with Crippen LogP contribution in [-0.2, 0) is 19.0 Å². The summed E-state index contributed by atoms with van der Waals surface area (Å²) in [7, 11) is -2.57. The third kappa shape index (κ3) is 6.01.